The van der Waals surface area contributed by atoms with Gasteiger partial charge in [0.1, 0.15) is 18.0 Å². The number of rotatable bonds is 6. The highest BCUT2D eigenvalue weighted by molar-refractivity contribution is 7.89. The van der Waals surface area contributed by atoms with Crippen LogP contribution in [0, 0.1) is 0 Å². The lowest BCUT2D eigenvalue weighted by atomic mass is 10.2. The fourth-order valence-electron chi connectivity index (χ4n) is 2.23. The minimum Gasteiger partial charge on any atom is -0.366 e. The van der Waals surface area contributed by atoms with E-state index in [0.717, 1.165) is 11.3 Å². The number of primary sulfonamides is 1. The van der Waals surface area contributed by atoms with E-state index in [-0.39, 0.29) is 4.90 Å². The van der Waals surface area contributed by atoms with E-state index in [2.05, 4.69) is 20.6 Å². The van der Waals surface area contributed by atoms with Crippen LogP contribution in [-0.4, -0.2) is 18.4 Å². The zero-order chi connectivity index (χ0) is 18.6. The van der Waals surface area contributed by atoms with Gasteiger partial charge in [-0.25, -0.2) is 23.5 Å². The lowest BCUT2D eigenvalue weighted by Crippen LogP contribution is -2.12. The van der Waals surface area contributed by atoms with Gasteiger partial charge in [0.05, 0.1) is 4.90 Å². The minimum absolute atomic E-state index is 0.0737. The number of nitrogens with one attached hydrogen (secondary N) is 2. The Kier molecular flexibility index (Phi) is 5.36. The molecule has 0 radical (unpaired) electrons. The van der Waals surface area contributed by atoms with E-state index in [9.17, 15) is 8.42 Å². The van der Waals surface area contributed by atoms with Crippen molar-refractivity contribution in [3.63, 3.8) is 0 Å². The molecule has 3 aromatic rings. The van der Waals surface area contributed by atoms with Gasteiger partial charge in [0.15, 0.2) is 0 Å². The Hall–Kier alpha value is -2.68. The van der Waals surface area contributed by atoms with E-state index in [1.165, 1.54) is 18.5 Å². The predicted molar refractivity (Wildman–Crippen MR) is 102 cm³/mol. The third-order valence-electron chi connectivity index (χ3n) is 3.48. The van der Waals surface area contributed by atoms with E-state index in [0.29, 0.717) is 23.2 Å². The van der Waals surface area contributed by atoms with Crippen molar-refractivity contribution in [2.24, 2.45) is 5.14 Å². The summed E-state index contributed by atoms with van der Waals surface area (Å²) >= 11 is 5.87. The molecule has 0 atom stereocenters. The Morgan fingerprint density at radius 2 is 1.73 bits per heavy atom. The molecule has 0 amide bonds. The summed E-state index contributed by atoms with van der Waals surface area (Å²) in [6, 6.07) is 15.4. The number of sulfonamides is 1. The Labute approximate surface area is 156 Å². The van der Waals surface area contributed by atoms with Crippen molar-refractivity contribution < 1.29 is 8.42 Å². The number of nitrogens with two attached hydrogens (primary N) is 1. The molecule has 0 saturated carbocycles. The molecule has 0 aliphatic rings. The highest BCUT2D eigenvalue weighted by Gasteiger charge is 2.08. The molecule has 0 saturated heterocycles. The summed E-state index contributed by atoms with van der Waals surface area (Å²) in [5, 5.41) is 12.1. The maximum absolute atomic E-state index is 11.4. The molecule has 7 nitrogen and oxygen atoms in total. The van der Waals surface area contributed by atoms with E-state index < -0.39 is 10.0 Å². The standard InChI is InChI=1S/C17H16ClN5O2S/c18-13-4-6-14(7-5-13)23-17-9-16(21-11-22-17)20-10-12-2-1-3-15(8-12)26(19,24)25/h1-9,11H,10H2,(H2,19,24,25)(H2,20,21,22,23). The summed E-state index contributed by atoms with van der Waals surface area (Å²) in [5.74, 6) is 1.21. The van der Waals surface area contributed by atoms with E-state index in [4.69, 9.17) is 16.7 Å². The molecule has 0 aliphatic carbocycles. The topological polar surface area (TPSA) is 110 Å². The van der Waals surface area contributed by atoms with Crippen LogP contribution in [0.5, 0.6) is 0 Å². The van der Waals surface area contributed by atoms with Crippen LogP contribution in [0.2, 0.25) is 5.02 Å². The molecule has 4 N–H and O–H groups in total. The summed E-state index contributed by atoms with van der Waals surface area (Å²) in [6.45, 7) is 0.390. The van der Waals surface area contributed by atoms with Crippen LogP contribution in [0.15, 0.2) is 65.8 Å². The van der Waals surface area contributed by atoms with Crippen molar-refractivity contribution in [2.45, 2.75) is 11.4 Å². The Morgan fingerprint density at radius 1 is 1.00 bits per heavy atom. The van der Waals surface area contributed by atoms with Gasteiger partial charge in [-0.15, -0.1) is 0 Å². The summed E-state index contributed by atoms with van der Waals surface area (Å²) in [7, 11) is -3.73. The highest BCUT2D eigenvalue weighted by atomic mass is 35.5. The second-order valence-electron chi connectivity index (χ2n) is 5.47. The van der Waals surface area contributed by atoms with Crippen LogP contribution in [0.1, 0.15) is 5.56 Å². The monoisotopic (exact) mass is 389 g/mol. The second-order valence-corrected chi connectivity index (χ2v) is 7.46. The van der Waals surface area contributed by atoms with Gasteiger partial charge in [0.2, 0.25) is 10.0 Å². The molecule has 2 aromatic carbocycles. The fraction of sp³-hybridized carbons (Fsp3) is 0.0588. The molecule has 0 unspecified atom stereocenters. The summed E-state index contributed by atoms with van der Waals surface area (Å²) in [6.07, 6.45) is 1.43. The number of nitrogens with zero attached hydrogens (tertiary/aromatic N) is 2. The molecule has 134 valence electrons. The quantitative estimate of drug-likeness (QED) is 0.597. The number of halogens is 1. The van der Waals surface area contributed by atoms with Crippen molar-refractivity contribution in [3.8, 4) is 0 Å². The van der Waals surface area contributed by atoms with Gasteiger partial charge in [-0.05, 0) is 42.0 Å². The largest absolute Gasteiger partial charge is 0.366 e. The average molecular weight is 390 g/mol. The van der Waals surface area contributed by atoms with Crippen molar-refractivity contribution in [2.75, 3.05) is 10.6 Å². The van der Waals surface area contributed by atoms with Gasteiger partial charge in [-0.2, -0.15) is 0 Å². The van der Waals surface area contributed by atoms with Gasteiger partial charge in [-0.1, -0.05) is 23.7 Å². The molecule has 1 heterocycles. The molecule has 3 rings (SSSR count). The third-order valence-corrected chi connectivity index (χ3v) is 4.65. The second kappa shape index (κ2) is 7.69. The van der Waals surface area contributed by atoms with Crippen LogP contribution >= 0.6 is 11.6 Å². The molecule has 0 spiro atoms. The third kappa shape index (κ3) is 4.92. The fourth-order valence-corrected chi connectivity index (χ4v) is 2.94. The van der Waals surface area contributed by atoms with Crippen LogP contribution in [0.4, 0.5) is 17.3 Å². The molecule has 0 aliphatic heterocycles. The maximum Gasteiger partial charge on any atom is 0.238 e. The molecule has 0 bridgehead atoms. The Balaban J connectivity index is 1.68. The first-order chi connectivity index (χ1) is 12.4. The minimum atomic E-state index is -3.73. The smallest absolute Gasteiger partial charge is 0.238 e. The van der Waals surface area contributed by atoms with E-state index in [1.54, 1.807) is 30.3 Å². The molecule has 26 heavy (non-hydrogen) atoms. The maximum atomic E-state index is 11.4. The van der Waals surface area contributed by atoms with Crippen molar-refractivity contribution >= 4 is 38.9 Å². The first-order valence-electron chi connectivity index (χ1n) is 7.60. The van der Waals surface area contributed by atoms with Crippen LogP contribution < -0.4 is 15.8 Å². The van der Waals surface area contributed by atoms with Gasteiger partial charge >= 0.3 is 0 Å². The first kappa shape index (κ1) is 18.1. The predicted octanol–water partition coefficient (Wildman–Crippen LogP) is 3.13. The summed E-state index contributed by atoms with van der Waals surface area (Å²) < 4.78 is 22.8. The zero-order valence-electron chi connectivity index (χ0n) is 13.6. The molecule has 9 heteroatoms. The van der Waals surface area contributed by atoms with Crippen molar-refractivity contribution in [1.82, 2.24) is 9.97 Å². The van der Waals surface area contributed by atoms with Crippen LogP contribution in [0.3, 0.4) is 0 Å². The Morgan fingerprint density at radius 3 is 2.46 bits per heavy atom. The van der Waals surface area contributed by atoms with Crippen LogP contribution in [-0.2, 0) is 16.6 Å². The first-order valence-corrected chi connectivity index (χ1v) is 9.53. The van der Waals surface area contributed by atoms with Crippen molar-refractivity contribution in [1.29, 1.82) is 0 Å². The highest BCUT2D eigenvalue weighted by Crippen LogP contribution is 2.19. The van der Waals surface area contributed by atoms with Gasteiger partial charge in [0.25, 0.3) is 0 Å². The van der Waals surface area contributed by atoms with E-state index >= 15 is 0 Å². The number of benzene rings is 2. The number of anilines is 3. The number of aromatic nitrogens is 2. The molecule has 1 aromatic heterocycles. The normalized spacial score (nSPS) is 11.2. The number of hydrogen-bond donors (Lipinski definition) is 3. The lowest BCUT2D eigenvalue weighted by molar-refractivity contribution is 0.597. The average Bonchev–Trinajstić information content (AvgIpc) is 2.62. The molecular formula is C17H16ClN5O2S. The summed E-state index contributed by atoms with van der Waals surface area (Å²) in [5.41, 5.74) is 1.61. The van der Waals surface area contributed by atoms with E-state index in [1.807, 2.05) is 12.1 Å². The zero-order valence-corrected chi connectivity index (χ0v) is 15.1. The molecular weight excluding hydrogens is 374 g/mol. The Bertz CT molecular complexity index is 1010. The van der Waals surface area contributed by atoms with Gasteiger partial charge in [-0.3, -0.25) is 0 Å². The number of hydrogen-bond acceptors (Lipinski definition) is 6. The van der Waals surface area contributed by atoms with Gasteiger partial charge in [0, 0.05) is 23.3 Å². The van der Waals surface area contributed by atoms with Gasteiger partial charge < -0.3 is 10.6 Å². The lowest BCUT2D eigenvalue weighted by Gasteiger charge is -2.09. The SMILES string of the molecule is NS(=O)(=O)c1cccc(CNc2cc(Nc3ccc(Cl)cc3)ncn2)c1. The van der Waals surface area contributed by atoms with Crippen LogP contribution in [0.25, 0.3) is 0 Å². The van der Waals surface area contributed by atoms with Crippen molar-refractivity contribution in [3.05, 3.63) is 71.5 Å². The summed E-state index contributed by atoms with van der Waals surface area (Å²) in [4.78, 5) is 8.40. The molecule has 0 fully saturated rings.